The van der Waals surface area contributed by atoms with Crippen LogP contribution in [0.2, 0.25) is 0 Å². The minimum atomic E-state index is -0.889. The number of quaternary nitrogens is 1. The van der Waals surface area contributed by atoms with Gasteiger partial charge >= 0.3 is 6.03 Å². The summed E-state index contributed by atoms with van der Waals surface area (Å²) < 4.78 is 13.7. The minimum Gasteiger partial charge on any atom is -0.351 e. The molecule has 0 aliphatic heterocycles. The van der Waals surface area contributed by atoms with E-state index in [-0.39, 0.29) is 11.9 Å². The number of carbonyl (C=O) groups excluding carboxylic acids is 2. The van der Waals surface area contributed by atoms with Crippen LogP contribution in [0.4, 0.5) is 9.18 Å². The average molecular weight is 344 g/mol. The van der Waals surface area contributed by atoms with E-state index in [1.807, 2.05) is 30.3 Å². The number of carbonyl (C=O) groups is 2. The molecular weight excluding hydrogens is 321 g/mol. The van der Waals surface area contributed by atoms with E-state index >= 15 is 0 Å². The topological polar surface area (TPSA) is 88.8 Å². The third kappa shape index (κ3) is 5.12. The van der Waals surface area contributed by atoms with Crippen molar-refractivity contribution in [3.63, 3.8) is 0 Å². The number of nitrogens with one attached hydrogen (secondary N) is 1. The zero-order valence-electron chi connectivity index (χ0n) is 14.3. The Kier molecular flexibility index (Phi) is 6.25. The Labute approximate surface area is 146 Å². The van der Waals surface area contributed by atoms with Gasteiger partial charge in [-0.15, -0.1) is 0 Å². The molecule has 0 fully saturated rings. The molecule has 5 N–H and O–H groups in total. The van der Waals surface area contributed by atoms with Crippen molar-refractivity contribution in [2.45, 2.75) is 32.4 Å². The van der Waals surface area contributed by atoms with E-state index in [1.165, 1.54) is 17.7 Å². The number of primary amides is 1. The maximum atomic E-state index is 13.7. The van der Waals surface area contributed by atoms with Gasteiger partial charge in [-0.3, -0.25) is 10.1 Å². The fourth-order valence-corrected chi connectivity index (χ4v) is 2.69. The Morgan fingerprint density at radius 1 is 1.16 bits per heavy atom. The number of benzene rings is 2. The van der Waals surface area contributed by atoms with Crippen LogP contribution < -0.4 is 16.4 Å². The Morgan fingerprint density at radius 2 is 1.84 bits per heavy atom. The van der Waals surface area contributed by atoms with E-state index in [0.717, 1.165) is 17.5 Å². The van der Waals surface area contributed by atoms with E-state index in [0.29, 0.717) is 0 Å². The van der Waals surface area contributed by atoms with Crippen molar-refractivity contribution in [2.24, 2.45) is 5.73 Å². The molecule has 0 radical (unpaired) electrons. The summed E-state index contributed by atoms with van der Waals surface area (Å²) in [6.45, 7) is 3.74. The van der Waals surface area contributed by atoms with Crippen molar-refractivity contribution < 1.29 is 19.3 Å². The summed E-state index contributed by atoms with van der Waals surface area (Å²) in [6, 6.07) is 12.5. The second-order valence-corrected chi connectivity index (χ2v) is 5.96. The van der Waals surface area contributed by atoms with Crippen LogP contribution in [0.1, 0.15) is 36.6 Å². The summed E-state index contributed by atoms with van der Waals surface area (Å²) in [5.74, 6) is -0.825. The zero-order chi connectivity index (χ0) is 18.4. The second kappa shape index (κ2) is 8.39. The third-order valence-corrected chi connectivity index (χ3v) is 4.10. The normalized spacial score (nSPS) is 13.1. The first-order valence-corrected chi connectivity index (χ1v) is 8.20. The lowest BCUT2D eigenvalue weighted by atomic mass is 9.96. The summed E-state index contributed by atoms with van der Waals surface area (Å²) in [4.78, 5) is 22.9. The van der Waals surface area contributed by atoms with Gasteiger partial charge in [-0.05, 0) is 31.0 Å². The lowest BCUT2D eigenvalue weighted by Gasteiger charge is -2.20. The van der Waals surface area contributed by atoms with Crippen molar-refractivity contribution in [3.05, 3.63) is 71.0 Å². The Bertz CT molecular complexity index is 747. The predicted octanol–water partition coefficient (Wildman–Crippen LogP) is 1.62. The summed E-state index contributed by atoms with van der Waals surface area (Å²) in [5, 5.41) is 3.86. The molecule has 6 heteroatoms. The standard InChI is InChI=1S/C19H22FN3O2/c1-3-13-7-9-14(10-8-13)17(15-5-4-6-16(20)11-15)22-12(2)18(24)23-19(21)25/h4-12,17,22H,3H2,1-2H3,(H3,21,23,24,25)/p+1/t12-,17+/m1/s1. The lowest BCUT2D eigenvalue weighted by molar-refractivity contribution is -0.704. The van der Waals surface area contributed by atoms with Gasteiger partial charge in [-0.25, -0.2) is 9.18 Å². The maximum absolute atomic E-state index is 13.7. The number of rotatable bonds is 6. The maximum Gasteiger partial charge on any atom is 0.319 e. The second-order valence-electron chi connectivity index (χ2n) is 5.96. The molecule has 2 rings (SSSR count). The summed E-state index contributed by atoms with van der Waals surface area (Å²) in [6.07, 6.45) is 0.923. The number of amides is 3. The molecule has 0 saturated carbocycles. The molecule has 25 heavy (non-hydrogen) atoms. The zero-order valence-corrected chi connectivity index (χ0v) is 14.3. The number of urea groups is 1. The fourth-order valence-electron chi connectivity index (χ4n) is 2.69. The van der Waals surface area contributed by atoms with Gasteiger partial charge in [-0.1, -0.05) is 43.3 Å². The highest BCUT2D eigenvalue weighted by molar-refractivity contribution is 5.95. The molecule has 0 aliphatic carbocycles. The Balaban J connectivity index is 2.31. The number of halogens is 1. The van der Waals surface area contributed by atoms with Crippen molar-refractivity contribution in [1.82, 2.24) is 5.32 Å². The first-order chi connectivity index (χ1) is 11.9. The van der Waals surface area contributed by atoms with Crippen LogP contribution in [-0.4, -0.2) is 18.0 Å². The van der Waals surface area contributed by atoms with Gasteiger partial charge in [0, 0.05) is 11.1 Å². The van der Waals surface area contributed by atoms with Crippen molar-refractivity contribution in [3.8, 4) is 0 Å². The molecule has 0 spiro atoms. The van der Waals surface area contributed by atoms with Gasteiger partial charge in [-0.2, -0.15) is 0 Å². The molecule has 0 saturated heterocycles. The quantitative estimate of drug-likeness (QED) is 0.743. The molecule has 3 amide bonds. The van der Waals surface area contributed by atoms with Gasteiger partial charge in [0.1, 0.15) is 11.9 Å². The molecule has 5 nitrogen and oxygen atoms in total. The molecule has 0 aromatic heterocycles. The molecule has 2 aromatic rings. The van der Waals surface area contributed by atoms with Crippen LogP contribution >= 0.6 is 0 Å². The smallest absolute Gasteiger partial charge is 0.319 e. The number of imide groups is 1. The highest BCUT2D eigenvalue weighted by Gasteiger charge is 2.25. The fraction of sp³-hybridized carbons (Fsp3) is 0.263. The predicted molar refractivity (Wildman–Crippen MR) is 93.2 cm³/mol. The third-order valence-electron chi connectivity index (χ3n) is 4.10. The first kappa shape index (κ1) is 18.6. The SMILES string of the molecule is CCc1ccc([C@H]([NH2+][C@H](C)C(=O)NC(N)=O)c2cccc(F)c2)cc1. The molecule has 0 bridgehead atoms. The van der Waals surface area contributed by atoms with Crippen molar-refractivity contribution >= 4 is 11.9 Å². The highest BCUT2D eigenvalue weighted by Crippen LogP contribution is 2.20. The van der Waals surface area contributed by atoms with Crippen LogP contribution in [0.25, 0.3) is 0 Å². The lowest BCUT2D eigenvalue weighted by Crippen LogP contribution is -2.93. The van der Waals surface area contributed by atoms with Gasteiger partial charge in [0.2, 0.25) is 0 Å². The van der Waals surface area contributed by atoms with Gasteiger partial charge in [0.05, 0.1) is 0 Å². The molecule has 0 heterocycles. The minimum absolute atomic E-state index is 0.282. The number of aryl methyl sites for hydroxylation is 1. The van der Waals surface area contributed by atoms with Crippen LogP contribution in [0.5, 0.6) is 0 Å². The van der Waals surface area contributed by atoms with Crippen LogP contribution in [0.3, 0.4) is 0 Å². The van der Waals surface area contributed by atoms with Crippen LogP contribution in [0, 0.1) is 5.82 Å². The van der Waals surface area contributed by atoms with Gasteiger partial charge in [0.25, 0.3) is 5.91 Å². The van der Waals surface area contributed by atoms with Crippen LogP contribution in [-0.2, 0) is 11.2 Å². The summed E-state index contributed by atoms with van der Waals surface area (Å²) in [7, 11) is 0. The van der Waals surface area contributed by atoms with Gasteiger partial charge in [0.15, 0.2) is 6.04 Å². The molecule has 0 aliphatic rings. The van der Waals surface area contributed by atoms with E-state index < -0.39 is 18.0 Å². The van der Waals surface area contributed by atoms with E-state index in [9.17, 15) is 14.0 Å². The van der Waals surface area contributed by atoms with Crippen LogP contribution in [0.15, 0.2) is 48.5 Å². The molecule has 132 valence electrons. The molecule has 2 atom stereocenters. The monoisotopic (exact) mass is 344 g/mol. The Hall–Kier alpha value is -2.73. The van der Waals surface area contributed by atoms with Crippen molar-refractivity contribution in [1.29, 1.82) is 0 Å². The Morgan fingerprint density at radius 3 is 2.40 bits per heavy atom. The van der Waals surface area contributed by atoms with Crippen molar-refractivity contribution in [2.75, 3.05) is 0 Å². The molecule has 2 aromatic carbocycles. The van der Waals surface area contributed by atoms with E-state index in [1.54, 1.807) is 18.3 Å². The molecule has 0 unspecified atom stereocenters. The first-order valence-electron chi connectivity index (χ1n) is 8.20. The highest BCUT2D eigenvalue weighted by atomic mass is 19.1. The largest absolute Gasteiger partial charge is 0.351 e. The van der Waals surface area contributed by atoms with E-state index in [4.69, 9.17) is 5.73 Å². The van der Waals surface area contributed by atoms with Gasteiger partial charge < -0.3 is 11.1 Å². The number of hydrogen-bond acceptors (Lipinski definition) is 2. The summed E-state index contributed by atoms with van der Waals surface area (Å²) >= 11 is 0. The summed E-state index contributed by atoms with van der Waals surface area (Å²) in [5.41, 5.74) is 7.88. The number of nitrogens with two attached hydrogens (primary N) is 2. The number of hydrogen-bond donors (Lipinski definition) is 3. The van der Waals surface area contributed by atoms with E-state index in [2.05, 4.69) is 12.2 Å². The average Bonchev–Trinajstić information content (AvgIpc) is 2.59. The molecular formula is C19H23FN3O2+.